The second kappa shape index (κ2) is 7.97. The number of phenols is 1. The minimum absolute atomic E-state index is 0.351. The predicted molar refractivity (Wildman–Crippen MR) is 110 cm³/mol. The number of hydrogen-bond acceptors (Lipinski definition) is 10. The Balaban J connectivity index is 2.38. The van der Waals surface area contributed by atoms with Gasteiger partial charge in [0.15, 0.2) is 0 Å². The first-order valence-electron chi connectivity index (χ1n) is 8.23. The number of azo groups is 1. The first-order chi connectivity index (χ1) is 15.0. The van der Waals surface area contributed by atoms with Crippen molar-refractivity contribution >= 4 is 58.2 Å². The molecule has 0 aliphatic heterocycles. The molecule has 3 rings (SSSR count). The van der Waals surface area contributed by atoms with Crippen LogP contribution in [0.3, 0.4) is 0 Å². The molecule has 0 aromatic heterocycles. The standard InChI is InChI=1S/C16H12FN3O10S3/c17-8-1-2-12(32(25,26)27)10(5-8)19-20-16-13(33(28,29)30)4-7-3-9(31(22,23)24)6-11(21)14(7)15(16)18/h1-6,21H,18H2,(H,22,23,24)(H,25,26,27)(H,28,29,30)/b20-19+. The number of fused-ring (bicyclic) bond motifs is 1. The molecule has 6 N–H and O–H groups in total. The van der Waals surface area contributed by atoms with Gasteiger partial charge in [-0.05, 0) is 29.7 Å². The molecule has 0 radical (unpaired) electrons. The lowest BCUT2D eigenvalue weighted by Crippen LogP contribution is -2.03. The zero-order valence-electron chi connectivity index (χ0n) is 15.8. The van der Waals surface area contributed by atoms with Gasteiger partial charge in [-0.25, -0.2) is 4.39 Å². The van der Waals surface area contributed by atoms with Crippen molar-refractivity contribution in [3.8, 4) is 5.75 Å². The van der Waals surface area contributed by atoms with Crippen LogP contribution in [0.5, 0.6) is 5.75 Å². The van der Waals surface area contributed by atoms with E-state index in [1.165, 1.54) is 0 Å². The van der Waals surface area contributed by atoms with Crippen LogP contribution in [0.4, 0.5) is 21.5 Å². The van der Waals surface area contributed by atoms with E-state index in [-0.39, 0.29) is 10.8 Å². The molecular formula is C16H12FN3O10S3. The van der Waals surface area contributed by atoms with Crippen molar-refractivity contribution in [1.29, 1.82) is 0 Å². The fourth-order valence-corrected chi connectivity index (χ4v) is 4.64. The molecule has 13 nitrogen and oxygen atoms in total. The van der Waals surface area contributed by atoms with E-state index in [1.54, 1.807) is 0 Å². The molecule has 0 aliphatic carbocycles. The third-order valence-corrected chi connectivity index (χ3v) is 6.80. The normalized spacial score (nSPS) is 13.1. The molecule has 0 fully saturated rings. The summed E-state index contributed by atoms with van der Waals surface area (Å²) in [5.41, 5.74) is 3.60. The minimum Gasteiger partial charge on any atom is -0.507 e. The SMILES string of the molecule is Nc1c(/N=N/c2cc(F)ccc2S(=O)(=O)O)c(S(=O)(=O)O)cc2cc(S(=O)(=O)O)cc(O)c12. The zero-order chi connectivity index (χ0) is 24.9. The van der Waals surface area contributed by atoms with Gasteiger partial charge in [-0.3, -0.25) is 13.7 Å². The van der Waals surface area contributed by atoms with Gasteiger partial charge in [0.05, 0.1) is 10.6 Å². The number of aromatic hydroxyl groups is 1. The molecule has 3 aromatic rings. The molecule has 17 heteroatoms. The van der Waals surface area contributed by atoms with E-state index in [1.807, 2.05) is 0 Å². The third kappa shape index (κ3) is 4.92. The van der Waals surface area contributed by atoms with Crippen LogP contribution >= 0.6 is 0 Å². The number of rotatable bonds is 5. The first-order valence-corrected chi connectivity index (χ1v) is 12.5. The summed E-state index contributed by atoms with van der Waals surface area (Å²) in [6.45, 7) is 0. The number of nitrogens with zero attached hydrogens (tertiary/aromatic N) is 2. The topological polar surface area (TPSA) is 234 Å². The molecular weight excluding hydrogens is 509 g/mol. The maximum Gasteiger partial charge on any atom is 0.296 e. The van der Waals surface area contributed by atoms with Gasteiger partial charge in [0, 0.05) is 17.5 Å². The second-order valence-electron chi connectivity index (χ2n) is 6.41. The minimum atomic E-state index is -5.13. The van der Waals surface area contributed by atoms with Crippen LogP contribution in [0.1, 0.15) is 0 Å². The van der Waals surface area contributed by atoms with Gasteiger partial charge in [-0.15, -0.1) is 10.2 Å². The number of nitrogen functional groups attached to an aromatic ring is 1. The first kappa shape index (κ1) is 24.4. The van der Waals surface area contributed by atoms with Gasteiger partial charge < -0.3 is 10.8 Å². The monoisotopic (exact) mass is 521 g/mol. The molecule has 0 amide bonds. The van der Waals surface area contributed by atoms with E-state index in [2.05, 4.69) is 10.2 Å². The summed E-state index contributed by atoms with van der Waals surface area (Å²) in [5.74, 6) is -1.83. The van der Waals surface area contributed by atoms with Crippen molar-refractivity contribution in [2.24, 2.45) is 10.2 Å². The Hall–Kier alpha value is -3.22. The summed E-state index contributed by atoms with van der Waals surface area (Å²) >= 11 is 0. The smallest absolute Gasteiger partial charge is 0.296 e. The predicted octanol–water partition coefficient (Wildman–Crippen LogP) is 2.42. The van der Waals surface area contributed by atoms with Crippen LogP contribution in [0.2, 0.25) is 0 Å². The molecule has 176 valence electrons. The van der Waals surface area contributed by atoms with Gasteiger partial charge in [0.2, 0.25) is 0 Å². The Morgan fingerprint density at radius 1 is 0.788 bits per heavy atom. The molecule has 0 bridgehead atoms. The second-order valence-corrected chi connectivity index (χ2v) is 10.6. The highest BCUT2D eigenvalue weighted by atomic mass is 32.2. The van der Waals surface area contributed by atoms with Crippen molar-refractivity contribution in [2.45, 2.75) is 14.7 Å². The lowest BCUT2D eigenvalue weighted by atomic mass is 10.1. The van der Waals surface area contributed by atoms with Crippen molar-refractivity contribution in [3.63, 3.8) is 0 Å². The molecule has 0 heterocycles. The van der Waals surface area contributed by atoms with E-state index in [9.17, 15) is 48.4 Å². The Labute approximate surface area is 185 Å². The fraction of sp³-hybridized carbons (Fsp3) is 0. The fourth-order valence-electron chi connectivity index (χ4n) is 2.83. The maximum absolute atomic E-state index is 13.6. The van der Waals surface area contributed by atoms with Crippen molar-refractivity contribution in [1.82, 2.24) is 0 Å². The maximum atomic E-state index is 13.6. The lowest BCUT2D eigenvalue weighted by molar-refractivity contribution is 0.471. The Morgan fingerprint density at radius 3 is 1.94 bits per heavy atom. The van der Waals surface area contributed by atoms with Crippen LogP contribution in [0, 0.1) is 5.82 Å². The van der Waals surface area contributed by atoms with Crippen LogP contribution < -0.4 is 5.73 Å². The van der Waals surface area contributed by atoms with E-state index >= 15 is 0 Å². The highest BCUT2D eigenvalue weighted by molar-refractivity contribution is 7.86. The Bertz CT molecular complexity index is 1670. The molecule has 0 aliphatic rings. The molecule has 3 aromatic carbocycles. The Morgan fingerprint density at radius 2 is 1.39 bits per heavy atom. The summed E-state index contributed by atoms with van der Waals surface area (Å²) < 4.78 is 111. The molecule has 0 saturated carbocycles. The molecule has 33 heavy (non-hydrogen) atoms. The van der Waals surface area contributed by atoms with Crippen molar-refractivity contribution < 1.29 is 48.4 Å². The van der Waals surface area contributed by atoms with E-state index in [0.717, 1.165) is 6.07 Å². The van der Waals surface area contributed by atoms with E-state index in [0.29, 0.717) is 30.3 Å². The highest BCUT2D eigenvalue weighted by Gasteiger charge is 2.24. The molecule has 0 spiro atoms. The number of phenolic OH excluding ortho intramolecular Hbond substituents is 1. The third-order valence-electron chi connectivity index (χ3n) is 4.20. The Kier molecular flexibility index (Phi) is 5.90. The lowest BCUT2D eigenvalue weighted by Gasteiger charge is -2.12. The number of benzene rings is 3. The van der Waals surface area contributed by atoms with Crippen LogP contribution in [-0.2, 0) is 30.4 Å². The number of nitrogens with two attached hydrogens (primary N) is 1. The highest BCUT2D eigenvalue weighted by Crippen LogP contribution is 2.43. The van der Waals surface area contributed by atoms with Gasteiger partial charge in [0.25, 0.3) is 30.4 Å². The largest absolute Gasteiger partial charge is 0.507 e. The van der Waals surface area contributed by atoms with E-state index < -0.39 is 73.7 Å². The van der Waals surface area contributed by atoms with Gasteiger partial charge in [-0.1, -0.05) is 0 Å². The number of halogens is 1. The summed E-state index contributed by atoms with van der Waals surface area (Å²) in [5, 5.41) is 16.3. The summed E-state index contributed by atoms with van der Waals surface area (Å²) in [6.07, 6.45) is 0. The molecule has 0 saturated heterocycles. The number of hydrogen-bond donors (Lipinski definition) is 5. The average molecular weight is 521 g/mol. The molecule has 0 unspecified atom stereocenters. The zero-order valence-corrected chi connectivity index (χ0v) is 18.2. The summed E-state index contributed by atoms with van der Waals surface area (Å²) in [6, 6.07) is 3.91. The summed E-state index contributed by atoms with van der Waals surface area (Å²) in [4.78, 5) is -2.76. The van der Waals surface area contributed by atoms with Gasteiger partial charge >= 0.3 is 0 Å². The van der Waals surface area contributed by atoms with Gasteiger partial charge in [0.1, 0.15) is 32.7 Å². The summed E-state index contributed by atoms with van der Waals surface area (Å²) in [7, 11) is -14.9. The quantitative estimate of drug-likeness (QED) is 0.186. The van der Waals surface area contributed by atoms with Crippen LogP contribution in [-0.4, -0.2) is 44.0 Å². The van der Waals surface area contributed by atoms with Crippen molar-refractivity contribution in [3.05, 3.63) is 42.2 Å². The van der Waals surface area contributed by atoms with Gasteiger partial charge in [-0.2, -0.15) is 25.3 Å². The van der Waals surface area contributed by atoms with Crippen LogP contribution in [0.25, 0.3) is 10.8 Å². The van der Waals surface area contributed by atoms with Crippen LogP contribution in [0.15, 0.2) is 61.3 Å². The van der Waals surface area contributed by atoms with Crippen molar-refractivity contribution in [2.75, 3.05) is 5.73 Å². The number of anilines is 1. The molecule has 0 atom stereocenters. The average Bonchev–Trinajstić information content (AvgIpc) is 2.64. The van der Waals surface area contributed by atoms with E-state index in [4.69, 9.17) is 5.73 Å².